The Morgan fingerprint density at radius 2 is 2.00 bits per heavy atom. The van der Waals surface area contributed by atoms with Gasteiger partial charge in [-0.2, -0.15) is 4.98 Å². The summed E-state index contributed by atoms with van der Waals surface area (Å²) in [4.78, 5) is 19.7. The van der Waals surface area contributed by atoms with E-state index in [1.54, 1.807) is 22.7 Å². The Morgan fingerprint density at radius 3 is 2.76 bits per heavy atom. The third-order valence-corrected chi connectivity index (χ3v) is 3.93. The summed E-state index contributed by atoms with van der Waals surface area (Å²) in [5.74, 6) is -0.216. The maximum Gasteiger partial charge on any atom is 0.335 e. The SMILES string of the molecule is O=C(O)c1ccc2c(c1)nc1nc(NCCc3ccc(F)cc3)[nH]n12. The largest absolute Gasteiger partial charge is 0.478 e. The van der Waals surface area contributed by atoms with Crippen molar-refractivity contribution >= 4 is 28.7 Å². The molecule has 8 heteroatoms. The van der Waals surface area contributed by atoms with Gasteiger partial charge in [0.05, 0.1) is 16.6 Å². The molecule has 4 aromatic rings. The summed E-state index contributed by atoms with van der Waals surface area (Å²) in [6.07, 6.45) is 0.728. The zero-order valence-corrected chi connectivity index (χ0v) is 13.0. The molecule has 0 bridgehead atoms. The summed E-state index contributed by atoms with van der Waals surface area (Å²) in [7, 11) is 0. The van der Waals surface area contributed by atoms with Crippen LogP contribution in [0, 0.1) is 5.82 Å². The topological polar surface area (TPSA) is 95.3 Å². The van der Waals surface area contributed by atoms with E-state index < -0.39 is 5.97 Å². The number of benzene rings is 2. The lowest BCUT2D eigenvalue weighted by Crippen LogP contribution is -2.06. The van der Waals surface area contributed by atoms with E-state index in [0.717, 1.165) is 17.5 Å². The minimum absolute atomic E-state index is 0.186. The second kappa shape index (κ2) is 5.90. The van der Waals surface area contributed by atoms with Crippen LogP contribution in [0.3, 0.4) is 0 Å². The molecule has 0 spiro atoms. The summed E-state index contributed by atoms with van der Waals surface area (Å²) in [5.41, 5.74) is 2.53. The zero-order chi connectivity index (χ0) is 17.4. The van der Waals surface area contributed by atoms with Crippen molar-refractivity contribution in [1.82, 2.24) is 19.6 Å². The molecule has 0 amide bonds. The molecular formula is C17H14FN5O2. The summed E-state index contributed by atoms with van der Waals surface area (Å²) < 4.78 is 14.6. The summed E-state index contributed by atoms with van der Waals surface area (Å²) in [5, 5.41) is 15.3. The van der Waals surface area contributed by atoms with E-state index in [4.69, 9.17) is 5.11 Å². The van der Waals surface area contributed by atoms with Gasteiger partial charge in [-0.15, -0.1) is 0 Å². The number of aromatic amines is 1. The zero-order valence-electron chi connectivity index (χ0n) is 13.0. The number of nitrogens with zero attached hydrogens (tertiary/aromatic N) is 3. The molecule has 4 rings (SSSR count). The van der Waals surface area contributed by atoms with Gasteiger partial charge in [-0.25, -0.2) is 18.7 Å². The van der Waals surface area contributed by atoms with Crippen LogP contribution in [0.4, 0.5) is 10.3 Å². The number of nitrogens with one attached hydrogen (secondary N) is 2. The quantitative estimate of drug-likeness (QED) is 0.520. The van der Waals surface area contributed by atoms with Crippen LogP contribution in [0.2, 0.25) is 0 Å². The van der Waals surface area contributed by atoms with Gasteiger partial charge in [-0.05, 0) is 42.3 Å². The average Bonchev–Trinajstić information content (AvgIpc) is 3.13. The normalized spacial score (nSPS) is 11.2. The second-order valence-corrected chi connectivity index (χ2v) is 5.63. The Bertz CT molecular complexity index is 1070. The maximum atomic E-state index is 12.9. The molecule has 0 aliphatic carbocycles. The second-order valence-electron chi connectivity index (χ2n) is 5.63. The molecule has 0 saturated heterocycles. The predicted molar refractivity (Wildman–Crippen MR) is 90.4 cm³/mol. The molecule has 0 radical (unpaired) electrons. The predicted octanol–water partition coefficient (Wildman–Crippen LogP) is 2.70. The summed E-state index contributed by atoms with van der Waals surface area (Å²) >= 11 is 0. The maximum absolute atomic E-state index is 12.9. The van der Waals surface area contributed by atoms with E-state index in [1.807, 2.05) is 0 Å². The van der Waals surface area contributed by atoms with Gasteiger partial charge in [-0.3, -0.25) is 5.10 Å². The lowest BCUT2D eigenvalue weighted by Gasteiger charge is -2.03. The number of halogens is 1. The first-order valence-electron chi connectivity index (χ1n) is 7.70. The first-order chi connectivity index (χ1) is 12.1. The van der Waals surface area contributed by atoms with E-state index in [1.165, 1.54) is 24.3 Å². The highest BCUT2D eigenvalue weighted by Gasteiger charge is 2.12. The number of H-pyrrole nitrogens is 1. The van der Waals surface area contributed by atoms with Crippen LogP contribution in [0.5, 0.6) is 0 Å². The highest BCUT2D eigenvalue weighted by atomic mass is 19.1. The van der Waals surface area contributed by atoms with E-state index in [2.05, 4.69) is 20.4 Å². The van der Waals surface area contributed by atoms with Crippen LogP contribution in [-0.4, -0.2) is 37.2 Å². The van der Waals surface area contributed by atoms with Crippen LogP contribution >= 0.6 is 0 Å². The van der Waals surface area contributed by atoms with Crippen molar-refractivity contribution in [2.75, 3.05) is 11.9 Å². The van der Waals surface area contributed by atoms with Crippen molar-refractivity contribution in [2.45, 2.75) is 6.42 Å². The fourth-order valence-corrected chi connectivity index (χ4v) is 2.67. The number of fused-ring (bicyclic) bond motifs is 3. The molecule has 0 aliphatic heterocycles. The Labute approximate surface area is 141 Å². The molecule has 0 atom stereocenters. The molecule has 126 valence electrons. The van der Waals surface area contributed by atoms with Crippen molar-refractivity contribution < 1.29 is 14.3 Å². The standard InChI is InChI=1S/C17H14FN5O2/c18-12-4-1-10(2-5-12)7-8-19-16-21-17-20-13-9-11(15(24)25)3-6-14(13)23(17)22-16/h1-6,9H,7-8H2,(H,24,25)(H2,19,20,21,22). The number of rotatable bonds is 5. The first kappa shape index (κ1) is 15.1. The molecule has 2 aromatic carbocycles. The Balaban J connectivity index is 1.51. The molecule has 7 nitrogen and oxygen atoms in total. The van der Waals surface area contributed by atoms with Crippen LogP contribution in [-0.2, 0) is 6.42 Å². The van der Waals surface area contributed by atoms with E-state index in [-0.39, 0.29) is 11.4 Å². The molecule has 0 unspecified atom stereocenters. The molecule has 2 aromatic heterocycles. The van der Waals surface area contributed by atoms with Crippen molar-refractivity contribution in [3.05, 3.63) is 59.4 Å². The number of carboxylic acids is 1. The van der Waals surface area contributed by atoms with Crippen LogP contribution < -0.4 is 5.32 Å². The highest BCUT2D eigenvalue weighted by molar-refractivity contribution is 5.93. The van der Waals surface area contributed by atoms with Crippen molar-refractivity contribution in [3.8, 4) is 0 Å². The minimum atomic E-state index is -0.991. The molecule has 3 N–H and O–H groups in total. The molecular weight excluding hydrogens is 325 g/mol. The van der Waals surface area contributed by atoms with Gasteiger partial charge in [0.2, 0.25) is 5.95 Å². The third-order valence-electron chi connectivity index (χ3n) is 3.93. The smallest absolute Gasteiger partial charge is 0.335 e. The number of imidazole rings is 1. The molecule has 2 heterocycles. The average molecular weight is 339 g/mol. The van der Waals surface area contributed by atoms with Crippen LogP contribution in [0.25, 0.3) is 16.8 Å². The van der Waals surface area contributed by atoms with Crippen molar-refractivity contribution in [2.24, 2.45) is 0 Å². The molecule has 25 heavy (non-hydrogen) atoms. The number of aromatic nitrogens is 4. The fourth-order valence-electron chi connectivity index (χ4n) is 2.67. The van der Waals surface area contributed by atoms with Gasteiger partial charge in [0, 0.05) is 6.54 Å². The van der Waals surface area contributed by atoms with Crippen LogP contribution in [0.15, 0.2) is 42.5 Å². The first-order valence-corrected chi connectivity index (χ1v) is 7.70. The Hall–Kier alpha value is -3.42. The Morgan fingerprint density at radius 1 is 1.20 bits per heavy atom. The fraction of sp³-hybridized carbons (Fsp3) is 0.118. The lowest BCUT2D eigenvalue weighted by atomic mass is 10.1. The van der Waals surface area contributed by atoms with E-state index in [0.29, 0.717) is 23.8 Å². The van der Waals surface area contributed by atoms with Crippen LogP contribution in [0.1, 0.15) is 15.9 Å². The number of carbonyl (C=O) groups is 1. The van der Waals surface area contributed by atoms with Gasteiger partial charge in [0.25, 0.3) is 5.78 Å². The highest BCUT2D eigenvalue weighted by Crippen LogP contribution is 2.18. The number of hydrogen-bond donors (Lipinski definition) is 3. The van der Waals surface area contributed by atoms with Gasteiger partial charge >= 0.3 is 5.97 Å². The number of carboxylic acid groups (broad SMARTS) is 1. The molecule has 0 fully saturated rings. The van der Waals surface area contributed by atoms with Crippen molar-refractivity contribution in [3.63, 3.8) is 0 Å². The molecule has 0 aliphatic rings. The van der Waals surface area contributed by atoms with Gasteiger partial charge < -0.3 is 10.4 Å². The lowest BCUT2D eigenvalue weighted by molar-refractivity contribution is 0.0697. The summed E-state index contributed by atoms with van der Waals surface area (Å²) in [6, 6.07) is 11.1. The number of hydrogen-bond acceptors (Lipinski definition) is 4. The number of aromatic carboxylic acids is 1. The van der Waals surface area contributed by atoms with Gasteiger partial charge in [0.15, 0.2) is 0 Å². The third kappa shape index (κ3) is 2.89. The Kier molecular flexibility index (Phi) is 3.57. The minimum Gasteiger partial charge on any atom is -0.478 e. The number of anilines is 1. The summed E-state index contributed by atoms with van der Waals surface area (Å²) in [6.45, 7) is 0.628. The monoisotopic (exact) mass is 339 g/mol. The van der Waals surface area contributed by atoms with E-state index in [9.17, 15) is 9.18 Å². The van der Waals surface area contributed by atoms with Gasteiger partial charge in [0.1, 0.15) is 5.82 Å². The van der Waals surface area contributed by atoms with E-state index >= 15 is 0 Å². The van der Waals surface area contributed by atoms with Crippen molar-refractivity contribution in [1.29, 1.82) is 0 Å². The molecule has 0 saturated carbocycles. The van der Waals surface area contributed by atoms with Gasteiger partial charge in [-0.1, -0.05) is 12.1 Å².